The molecule has 2 aromatic rings. The van der Waals surface area contributed by atoms with Crippen LogP contribution in [0.5, 0.6) is 11.5 Å². The maximum absolute atomic E-state index is 12.9. The van der Waals surface area contributed by atoms with E-state index in [1.54, 1.807) is 13.8 Å². The van der Waals surface area contributed by atoms with Gasteiger partial charge in [-0.1, -0.05) is 13.8 Å². The Morgan fingerprint density at radius 3 is 2.47 bits per heavy atom. The molecule has 2 N–H and O–H groups in total. The lowest BCUT2D eigenvalue weighted by Gasteiger charge is -2.18. The largest absolute Gasteiger partial charge is 0.573 e. The third kappa shape index (κ3) is 4.22. The number of nitrogens with two attached hydrogens (primary N) is 1. The maximum atomic E-state index is 12.9. The Morgan fingerprint density at radius 1 is 1.17 bits per heavy atom. The standard InChI is InChI=1S/C20H16F3NO6/c1-19(2)9-28-16-13(6-11(7-14(16)19)17(26)29-18(24)27)12-5-10(8-25)3-4-15(12)30-20(21,22)23/h3-8H,9H2,1-2H3,(H2,24,27). The van der Waals surface area contributed by atoms with Crippen LogP contribution in [-0.2, 0) is 10.2 Å². The molecule has 30 heavy (non-hydrogen) atoms. The highest BCUT2D eigenvalue weighted by Crippen LogP contribution is 2.48. The van der Waals surface area contributed by atoms with Crippen LogP contribution in [0.2, 0.25) is 0 Å². The molecule has 0 aromatic heterocycles. The summed E-state index contributed by atoms with van der Waals surface area (Å²) in [5.41, 5.74) is 4.69. The summed E-state index contributed by atoms with van der Waals surface area (Å²) in [5.74, 6) is -1.45. The molecule has 1 heterocycles. The van der Waals surface area contributed by atoms with Crippen LogP contribution in [-0.4, -0.2) is 31.3 Å². The van der Waals surface area contributed by atoms with E-state index in [0.717, 1.165) is 12.1 Å². The molecular formula is C20H16F3NO6. The van der Waals surface area contributed by atoms with E-state index in [4.69, 9.17) is 10.5 Å². The molecule has 10 heteroatoms. The van der Waals surface area contributed by atoms with Crippen LogP contribution in [0.25, 0.3) is 11.1 Å². The molecule has 7 nitrogen and oxygen atoms in total. The molecule has 3 rings (SSSR count). The fourth-order valence-electron chi connectivity index (χ4n) is 3.13. The highest BCUT2D eigenvalue weighted by Gasteiger charge is 2.37. The monoisotopic (exact) mass is 423 g/mol. The van der Waals surface area contributed by atoms with Crippen LogP contribution in [0.15, 0.2) is 30.3 Å². The number of aldehydes is 1. The number of benzene rings is 2. The number of hydrogen-bond donors (Lipinski definition) is 1. The fraction of sp³-hybridized carbons (Fsp3) is 0.250. The fourth-order valence-corrected chi connectivity index (χ4v) is 3.13. The molecule has 0 fully saturated rings. The predicted octanol–water partition coefficient (Wildman–Crippen LogP) is 3.97. The molecule has 0 radical (unpaired) electrons. The zero-order valence-electron chi connectivity index (χ0n) is 15.8. The summed E-state index contributed by atoms with van der Waals surface area (Å²) in [6, 6.07) is 5.95. The van der Waals surface area contributed by atoms with Gasteiger partial charge in [-0.25, -0.2) is 9.59 Å². The third-order valence-electron chi connectivity index (χ3n) is 4.48. The molecule has 0 atom stereocenters. The second kappa shape index (κ2) is 7.36. The SMILES string of the molecule is CC1(C)COc2c(-c3cc(C=O)ccc3OC(F)(F)F)cc(C(=O)OC(N)=O)cc21. The van der Waals surface area contributed by atoms with Gasteiger partial charge in [-0.05, 0) is 30.3 Å². The van der Waals surface area contributed by atoms with Gasteiger partial charge in [-0.3, -0.25) is 4.79 Å². The quantitative estimate of drug-likeness (QED) is 0.453. The zero-order valence-corrected chi connectivity index (χ0v) is 15.8. The number of primary amides is 1. The van der Waals surface area contributed by atoms with E-state index in [-0.39, 0.29) is 34.6 Å². The Morgan fingerprint density at radius 2 is 1.87 bits per heavy atom. The van der Waals surface area contributed by atoms with Gasteiger partial charge in [0.1, 0.15) is 17.8 Å². The molecule has 0 unspecified atom stereocenters. The normalized spacial score (nSPS) is 14.4. The summed E-state index contributed by atoms with van der Waals surface area (Å²) in [4.78, 5) is 34.4. The topological polar surface area (TPSA) is 105 Å². The molecule has 0 saturated carbocycles. The van der Waals surface area contributed by atoms with E-state index in [2.05, 4.69) is 9.47 Å². The van der Waals surface area contributed by atoms with E-state index in [1.165, 1.54) is 18.2 Å². The summed E-state index contributed by atoms with van der Waals surface area (Å²) >= 11 is 0. The lowest BCUT2D eigenvalue weighted by molar-refractivity contribution is -0.274. The van der Waals surface area contributed by atoms with Crippen molar-refractivity contribution >= 4 is 18.3 Å². The van der Waals surface area contributed by atoms with E-state index in [9.17, 15) is 27.6 Å². The van der Waals surface area contributed by atoms with Crippen molar-refractivity contribution in [2.75, 3.05) is 6.61 Å². The summed E-state index contributed by atoms with van der Waals surface area (Å²) < 4.78 is 53.0. The minimum absolute atomic E-state index is 0.0671. The second-order valence-electron chi connectivity index (χ2n) is 7.20. The lowest BCUT2D eigenvalue weighted by Crippen LogP contribution is -2.20. The van der Waals surface area contributed by atoms with Gasteiger partial charge in [0.2, 0.25) is 0 Å². The average molecular weight is 423 g/mol. The van der Waals surface area contributed by atoms with Crippen molar-refractivity contribution in [2.45, 2.75) is 25.6 Å². The van der Waals surface area contributed by atoms with E-state index in [1.807, 2.05) is 0 Å². The van der Waals surface area contributed by atoms with Crippen molar-refractivity contribution in [3.8, 4) is 22.6 Å². The Kier molecular flexibility index (Phi) is 5.19. The molecular weight excluding hydrogens is 407 g/mol. The van der Waals surface area contributed by atoms with Gasteiger partial charge in [0.05, 0.1) is 12.2 Å². The van der Waals surface area contributed by atoms with Crippen molar-refractivity contribution in [1.29, 1.82) is 0 Å². The van der Waals surface area contributed by atoms with Gasteiger partial charge in [-0.2, -0.15) is 0 Å². The highest BCUT2D eigenvalue weighted by molar-refractivity contribution is 5.98. The Hall–Kier alpha value is -3.56. The first-order chi connectivity index (χ1) is 13.9. The molecule has 1 aliphatic heterocycles. The van der Waals surface area contributed by atoms with Crippen LogP contribution < -0.4 is 15.2 Å². The number of alkyl halides is 3. The van der Waals surface area contributed by atoms with Crippen LogP contribution in [0, 0.1) is 0 Å². The summed E-state index contributed by atoms with van der Waals surface area (Å²) in [6.45, 7) is 3.80. The Balaban J connectivity index is 2.28. The van der Waals surface area contributed by atoms with Crippen LogP contribution >= 0.6 is 0 Å². The third-order valence-corrected chi connectivity index (χ3v) is 4.48. The van der Waals surface area contributed by atoms with Gasteiger partial charge in [-0.15, -0.1) is 13.2 Å². The number of carbonyl (C=O) groups excluding carboxylic acids is 3. The van der Waals surface area contributed by atoms with Gasteiger partial charge >= 0.3 is 18.4 Å². The average Bonchev–Trinajstić information content (AvgIpc) is 2.94. The van der Waals surface area contributed by atoms with Crippen molar-refractivity contribution < 1.29 is 41.8 Å². The number of amides is 1. The molecule has 0 spiro atoms. The van der Waals surface area contributed by atoms with E-state index < -0.39 is 29.6 Å². The zero-order chi connectivity index (χ0) is 22.3. The molecule has 1 amide bonds. The molecule has 158 valence electrons. The molecule has 0 saturated heterocycles. The van der Waals surface area contributed by atoms with E-state index >= 15 is 0 Å². The van der Waals surface area contributed by atoms with Crippen molar-refractivity contribution in [2.24, 2.45) is 5.73 Å². The Bertz CT molecular complexity index is 1050. The smallest absolute Gasteiger partial charge is 0.492 e. The second-order valence-corrected chi connectivity index (χ2v) is 7.20. The van der Waals surface area contributed by atoms with Gasteiger partial charge < -0.3 is 19.9 Å². The number of hydrogen-bond acceptors (Lipinski definition) is 6. The summed E-state index contributed by atoms with van der Waals surface area (Å²) in [5, 5.41) is 0. The maximum Gasteiger partial charge on any atom is 0.573 e. The number of fused-ring (bicyclic) bond motifs is 1. The summed E-state index contributed by atoms with van der Waals surface area (Å²) in [7, 11) is 0. The molecule has 0 aliphatic carbocycles. The first-order valence-electron chi connectivity index (χ1n) is 8.59. The van der Waals surface area contributed by atoms with Crippen LogP contribution in [0.1, 0.15) is 40.1 Å². The van der Waals surface area contributed by atoms with Crippen molar-refractivity contribution in [1.82, 2.24) is 0 Å². The number of esters is 1. The van der Waals surface area contributed by atoms with Gasteiger partial charge in [0.25, 0.3) is 0 Å². The lowest BCUT2D eigenvalue weighted by atomic mass is 9.84. The first-order valence-corrected chi connectivity index (χ1v) is 8.59. The van der Waals surface area contributed by atoms with Crippen molar-refractivity contribution in [3.63, 3.8) is 0 Å². The number of rotatable bonds is 4. The molecule has 1 aliphatic rings. The molecule has 2 aromatic carbocycles. The minimum atomic E-state index is -5.00. The van der Waals surface area contributed by atoms with Crippen LogP contribution in [0.4, 0.5) is 18.0 Å². The number of carbonyl (C=O) groups is 3. The number of halogens is 3. The van der Waals surface area contributed by atoms with Crippen LogP contribution in [0.3, 0.4) is 0 Å². The summed E-state index contributed by atoms with van der Waals surface area (Å²) in [6.07, 6.45) is -5.87. The van der Waals surface area contributed by atoms with Gasteiger partial charge in [0.15, 0.2) is 0 Å². The minimum Gasteiger partial charge on any atom is -0.492 e. The number of ether oxygens (including phenoxy) is 3. The highest BCUT2D eigenvalue weighted by atomic mass is 19.4. The van der Waals surface area contributed by atoms with E-state index in [0.29, 0.717) is 11.8 Å². The Labute approximate surface area is 168 Å². The predicted molar refractivity (Wildman–Crippen MR) is 97.5 cm³/mol. The molecule has 0 bridgehead atoms. The van der Waals surface area contributed by atoms with Crippen molar-refractivity contribution in [3.05, 3.63) is 47.0 Å². The van der Waals surface area contributed by atoms with Gasteiger partial charge in [0, 0.05) is 27.7 Å². The first kappa shape index (κ1) is 21.2.